The van der Waals surface area contributed by atoms with Gasteiger partial charge < -0.3 is 4.57 Å². The topological polar surface area (TPSA) is 4.93 Å². The Morgan fingerprint density at radius 1 is 0.778 bits per heavy atom. The van der Waals surface area contributed by atoms with Crippen molar-refractivity contribution < 1.29 is 0 Å². The zero-order valence-electron chi connectivity index (χ0n) is 17.8. The third-order valence-corrected chi connectivity index (χ3v) is 5.63. The van der Waals surface area contributed by atoms with Crippen molar-refractivity contribution in [1.29, 1.82) is 0 Å². The van der Waals surface area contributed by atoms with Gasteiger partial charge in [0.2, 0.25) is 0 Å². The molecule has 0 saturated carbocycles. The van der Waals surface area contributed by atoms with Gasteiger partial charge in [0.25, 0.3) is 0 Å². The molecule has 143 valence electrons. The van der Waals surface area contributed by atoms with Crippen molar-refractivity contribution in [2.45, 2.75) is 72.3 Å². The Morgan fingerprint density at radius 2 is 1.22 bits per heavy atom. The Morgan fingerprint density at radius 3 is 1.63 bits per heavy atom. The third-order valence-electron chi connectivity index (χ3n) is 5.63. The molecule has 0 N–H and O–H groups in total. The zero-order chi connectivity index (χ0) is 18.7. The van der Waals surface area contributed by atoms with Gasteiger partial charge in [-0.25, -0.2) is 0 Å². The van der Waals surface area contributed by atoms with E-state index in [9.17, 15) is 0 Å². The molecule has 0 aliphatic carbocycles. The van der Waals surface area contributed by atoms with Crippen LogP contribution in [0.15, 0.2) is 48.5 Å². The highest BCUT2D eigenvalue weighted by molar-refractivity contribution is 6.08. The molecule has 2 aromatic carbocycles. The Bertz CT molecular complexity index is 796. The maximum Gasteiger partial charge on any atom is 0.0496 e. The molecule has 1 nitrogen and oxygen atoms in total. The quantitative estimate of drug-likeness (QED) is 0.361. The number of aromatic nitrogens is 1. The normalized spacial score (nSPS) is 12.3. The number of nitrogens with zero attached hydrogens (tertiary/aromatic N) is 1. The molecule has 0 spiro atoms. The predicted molar refractivity (Wildman–Crippen MR) is 122 cm³/mol. The Balaban J connectivity index is 0.00000261. The summed E-state index contributed by atoms with van der Waals surface area (Å²) >= 11 is 0. The van der Waals surface area contributed by atoms with Gasteiger partial charge in [-0.1, -0.05) is 83.9 Å². The van der Waals surface area contributed by atoms with Crippen LogP contribution in [0.4, 0.5) is 0 Å². The molecule has 3 rings (SSSR count). The lowest BCUT2D eigenvalue weighted by Crippen LogP contribution is -2.36. The summed E-state index contributed by atoms with van der Waals surface area (Å²) in [5.74, 6) is 1.37. The van der Waals surface area contributed by atoms with Crippen molar-refractivity contribution in [2.75, 3.05) is 0 Å². The van der Waals surface area contributed by atoms with E-state index in [0.717, 1.165) is 0 Å². The third kappa shape index (κ3) is 4.44. The van der Waals surface area contributed by atoms with E-state index in [0.29, 0.717) is 11.8 Å². The second kappa shape index (κ2) is 9.31. The summed E-state index contributed by atoms with van der Waals surface area (Å²) in [6, 6.07) is 18.0. The van der Waals surface area contributed by atoms with Gasteiger partial charge in [-0.2, -0.15) is 0 Å². The number of hydrogen-bond donors (Lipinski definition) is 0. The monoisotopic (exact) mass is 376 g/mol. The molecule has 0 aliphatic heterocycles. The van der Waals surface area contributed by atoms with E-state index in [1.54, 1.807) is 0 Å². The molecular weight excluding hydrogens is 341 g/mol. The fourth-order valence-electron chi connectivity index (χ4n) is 5.04. The van der Waals surface area contributed by atoms with Crippen LogP contribution < -0.4 is 0 Å². The van der Waals surface area contributed by atoms with Crippen LogP contribution in [0.3, 0.4) is 0 Å². The summed E-state index contributed by atoms with van der Waals surface area (Å²) in [4.78, 5) is 0. The second-order valence-corrected chi connectivity index (χ2v) is 8.89. The Kier molecular flexibility index (Phi) is 7.61. The van der Waals surface area contributed by atoms with Crippen LogP contribution in [0.5, 0.6) is 0 Å². The SMILES string of the molecule is CCCCC(CC(C)C)(CC(C)C)n1c2ccccc2c2ccccc21.[Al]. The molecular formula is C25H35AlN. The van der Waals surface area contributed by atoms with Gasteiger partial charge >= 0.3 is 0 Å². The van der Waals surface area contributed by atoms with Crippen molar-refractivity contribution in [1.82, 2.24) is 4.57 Å². The summed E-state index contributed by atoms with van der Waals surface area (Å²) in [6.45, 7) is 11.9. The van der Waals surface area contributed by atoms with Gasteiger partial charge in [-0.05, 0) is 43.2 Å². The largest absolute Gasteiger partial charge is 0.334 e. The van der Waals surface area contributed by atoms with Gasteiger partial charge in [0, 0.05) is 44.7 Å². The Labute approximate surface area is 176 Å². The molecule has 3 radical (unpaired) electrons. The van der Waals surface area contributed by atoms with E-state index in [-0.39, 0.29) is 22.9 Å². The smallest absolute Gasteiger partial charge is 0.0496 e. The fourth-order valence-corrected chi connectivity index (χ4v) is 5.04. The highest BCUT2D eigenvalue weighted by Gasteiger charge is 2.35. The highest BCUT2D eigenvalue weighted by Crippen LogP contribution is 2.43. The van der Waals surface area contributed by atoms with E-state index < -0.39 is 0 Å². The van der Waals surface area contributed by atoms with E-state index >= 15 is 0 Å². The number of fused-ring (bicyclic) bond motifs is 3. The van der Waals surface area contributed by atoms with Gasteiger partial charge in [0.15, 0.2) is 0 Å². The average molecular weight is 377 g/mol. The average Bonchev–Trinajstić information content (AvgIpc) is 2.94. The van der Waals surface area contributed by atoms with Gasteiger partial charge in [0.05, 0.1) is 0 Å². The van der Waals surface area contributed by atoms with Crippen molar-refractivity contribution in [3.05, 3.63) is 48.5 Å². The minimum Gasteiger partial charge on any atom is -0.334 e. The highest BCUT2D eigenvalue weighted by atomic mass is 27.0. The number of rotatable bonds is 8. The number of unbranched alkanes of at least 4 members (excludes halogenated alkanes) is 1. The van der Waals surface area contributed by atoms with Gasteiger partial charge in [-0.3, -0.25) is 0 Å². The molecule has 0 bridgehead atoms. The lowest BCUT2D eigenvalue weighted by atomic mass is 9.77. The lowest BCUT2D eigenvalue weighted by molar-refractivity contribution is 0.177. The first-order chi connectivity index (χ1) is 12.5. The van der Waals surface area contributed by atoms with E-state index in [2.05, 4.69) is 87.7 Å². The molecule has 2 heteroatoms. The molecule has 0 unspecified atom stereocenters. The number of hydrogen-bond acceptors (Lipinski definition) is 0. The summed E-state index contributed by atoms with van der Waals surface area (Å²) < 4.78 is 2.73. The van der Waals surface area contributed by atoms with E-state index in [4.69, 9.17) is 0 Å². The maximum absolute atomic E-state index is 2.73. The molecule has 0 amide bonds. The van der Waals surface area contributed by atoms with Gasteiger partial charge in [0.1, 0.15) is 0 Å². The van der Waals surface area contributed by atoms with E-state index in [1.807, 2.05) is 0 Å². The van der Waals surface area contributed by atoms with Crippen LogP contribution in [-0.4, -0.2) is 21.9 Å². The summed E-state index contributed by atoms with van der Waals surface area (Å²) in [6.07, 6.45) is 6.31. The molecule has 0 fully saturated rings. The fraction of sp³-hybridized carbons (Fsp3) is 0.520. The van der Waals surface area contributed by atoms with Crippen molar-refractivity contribution in [3.63, 3.8) is 0 Å². The molecule has 3 aromatic rings. The minimum absolute atomic E-state index is 0. The number of benzene rings is 2. The van der Waals surface area contributed by atoms with Crippen LogP contribution in [-0.2, 0) is 5.54 Å². The molecule has 27 heavy (non-hydrogen) atoms. The first-order valence-electron chi connectivity index (χ1n) is 10.5. The molecule has 0 saturated heterocycles. The first kappa shape index (κ1) is 22.1. The van der Waals surface area contributed by atoms with Gasteiger partial charge in [-0.15, -0.1) is 0 Å². The molecule has 1 aromatic heterocycles. The van der Waals surface area contributed by atoms with Crippen molar-refractivity contribution >= 4 is 39.2 Å². The van der Waals surface area contributed by atoms with Crippen molar-refractivity contribution in [2.24, 2.45) is 11.8 Å². The minimum atomic E-state index is 0. The van der Waals surface area contributed by atoms with E-state index in [1.165, 1.54) is 53.9 Å². The predicted octanol–water partition coefficient (Wildman–Crippen LogP) is 7.39. The van der Waals surface area contributed by atoms with Crippen LogP contribution in [0, 0.1) is 11.8 Å². The summed E-state index contributed by atoms with van der Waals surface area (Å²) in [5, 5.41) is 2.80. The van der Waals surface area contributed by atoms with Crippen molar-refractivity contribution in [3.8, 4) is 0 Å². The van der Waals surface area contributed by atoms with Crippen LogP contribution in [0.2, 0.25) is 0 Å². The van der Waals surface area contributed by atoms with Crippen LogP contribution in [0.1, 0.15) is 66.7 Å². The lowest BCUT2D eigenvalue weighted by Gasteiger charge is -2.40. The summed E-state index contributed by atoms with van der Waals surface area (Å²) in [5.41, 5.74) is 3.01. The van der Waals surface area contributed by atoms with Crippen LogP contribution >= 0.6 is 0 Å². The standard InChI is InChI=1S/C25H35N.Al/c1-6-7-16-25(17-19(2)3,18-20(4)5)26-23-14-10-8-12-21(23)22-13-9-11-15-24(22)26;/h8-15,19-20H,6-7,16-18H2,1-5H3;. The van der Waals surface area contributed by atoms with Crippen LogP contribution in [0.25, 0.3) is 21.8 Å². The zero-order valence-corrected chi connectivity index (χ0v) is 19.0. The molecule has 0 atom stereocenters. The molecule has 1 heterocycles. The first-order valence-corrected chi connectivity index (χ1v) is 10.5. The maximum atomic E-state index is 2.73. The Hall–Kier alpha value is -1.23. The summed E-state index contributed by atoms with van der Waals surface area (Å²) in [7, 11) is 0. The number of para-hydroxylation sites is 2. The second-order valence-electron chi connectivity index (χ2n) is 8.89. The molecule has 0 aliphatic rings.